The summed E-state index contributed by atoms with van der Waals surface area (Å²) in [4.78, 5) is 38.5. The second kappa shape index (κ2) is 8.82. The molecule has 0 spiro atoms. The molecule has 1 aromatic heterocycles. The second-order valence-electron chi connectivity index (χ2n) is 7.90. The first kappa shape index (κ1) is 22.1. The van der Waals surface area contributed by atoms with Crippen LogP contribution in [-0.2, 0) is 30.2 Å². The minimum Gasteiger partial charge on any atom is -0.489 e. The highest BCUT2D eigenvalue weighted by atomic mass is 16.5. The minimum atomic E-state index is -0.737. The van der Waals surface area contributed by atoms with Crippen molar-refractivity contribution in [3.05, 3.63) is 103 Å². The molecular formula is C25H25N3O5. The molecule has 170 valence electrons. The van der Waals surface area contributed by atoms with Crippen LogP contribution in [-0.4, -0.2) is 22.2 Å². The lowest BCUT2D eigenvalue weighted by Crippen LogP contribution is -2.43. The molecule has 0 aliphatic carbocycles. The highest BCUT2D eigenvalue weighted by molar-refractivity contribution is 5.94. The molecule has 1 atom stereocenters. The molecule has 8 heteroatoms. The van der Waals surface area contributed by atoms with Gasteiger partial charge in [-0.15, -0.1) is 0 Å². The molecule has 2 heterocycles. The van der Waals surface area contributed by atoms with E-state index in [0.29, 0.717) is 40.6 Å². The summed E-state index contributed by atoms with van der Waals surface area (Å²) in [5.74, 6) is -0.338. The molecule has 2 aromatic carbocycles. The van der Waals surface area contributed by atoms with Crippen LogP contribution in [0.3, 0.4) is 0 Å². The molecule has 0 amide bonds. The van der Waals surface area contributed by atoms with Gasteiger partial charge in [0.1, 0.15) is 18.2 Å². The number of benzene rings is 2. The molecule has 3 aromatic rings. The zero-order chi connectivity index (χ0) is 23.7. The van der Waals surface area contributed by atoms with E-state index in [-0.39, 0.29) is 0 Å². The van der Waals surface area contributed by atoms with E-state index in [2.05, 4.69) is 5.32 Å². The Morgan fingerprint density at radius 1 is 1.03 bits per heavy atom. The van der Waals surface area contributed by atoms with Gasteiger partial charge in [-0.25, -0.2) is 9.59 Å². The largest absolute Gasteiger partial charge is 0.489 e. The summed E-state index contributed by atoms with van der Waals surface area (Å²) >= 11 is 0. The van der Waals surface area contributed by atoms with Gasteiger partial charge in [-0.3, -0.25) is 13.9 Å². The van der Waals surface area contributed by atoms with E-state index in [1.807, 2.05) is 54.6 Å². The zero-order valence-electron chi connectivity index (χ0n) is 18.9. The fourth-order valence-corrected chi connectivity index (χ4v) is 4.13. The molecule has 0 fully saturated rings. The van der Waals surface area contributed by atoms with Crippen LogP contribution in [0, 0.1) is 0 Å². The number of esters is 1. The first-order chi connectivity index (χ1) is 15.8. The standard InChI is InChI=1S/C25H25N3O5/c1-15-19(24(30)32-4)20(21-22(26-15)27(2)25(31)28(3)23(21)29)17-11-8-12-18(13-17)33-14-16-9-6-5-7-10-16/h5-13,20,26H,14H2,1-4H3. The van der Waals surface area contributed by atoms with E-state index < -0.39 is 23.1 Å². The van der Waals surface area contributed by atoms with Crippen LogP contribution >= 0.6 is 0 Å². The van der Waals surface area contributed by atoms with Gasteiger partial charge in [0.15, 0.2) is 0 Å². The smallest absolute Gasteiger partial charge is 0.336 e. The van der Waals surface area contributed by atoms with Gasteiger partial charge in [0.25, 0.3) is 5.56 Å². The Morgan fingerprint density at radius 3 is 2.45 bits per heavy atom. The molecule has 4 rings (SSSR count). The van der Waals surface area contributed by atoms with Gasteiger partial charge in [0.05, 0.1) is 24.2 Å². The van der Waals surface area contributed by atoms with Crippen LogP contribution in [0.2, 0.25) is 0 Å². The highest BCUT2D eigenvalue weighted by Crippen LogP contribution is 2.40. The average Bonchev–Trinajstić information content (AvgIpc) is 2.84. The molecular weight excluding hydrogens is 422 g/mol. The SMILES string of the molecule is COC(=O)C1=C(C)Nc2c(c(=O)n(C)c(=O)n2C)C1c1cccc(OCc2ccccc2)c1. The minimum absolute atomic E-state index is 0.297. The van der Waals surface area contributed by atoms with E-state index in [1.54, 1.807) is 14.0 Å². The fourth-order valence-electron chi connectivity index (χ4n) is 4.13. The Hall–Kier alpha value is -4.07. The summed E-state index contributed by atoms with van der Waals surface area (Å²) in [5, 5.41) is 3.06. The van der Waals surface area contributed by atoms with Gasteiger partial charge in [-0.05, 0) is 30.2 Å². The van der Waals surface area contributed by atoms with Crippen LogP contribution in [0.5, 0.6) is 5.75 Å². The van der Waals surface area contributed by atoms with Gasteiger partial charge < -0.3 is 14.8 Å². The monoisotopic (exact) mass is 447 g/mol. The van der Waals surface area contributed by atoms with Crippen molar-refractivity contribution in [2.45, 2.75) is 19.4 Å². The number of nitrogens with one attached hydrogen (secondary N) is 1. The van der Waals surface area contributed by atoms with Crippen molar-refractivity contribution in [3.63, 3.8) is 0 Å². The Morgan fingerprint density at radius 2 is 1.76 bits per heavy atom. The van der Waals surface area contributed by atoms with E-state index in [1.165, 1.54) is 18.7 Å². The van der Waals surface area contributed by atoms with Crippen molar-refractivity contribution in [2.24, 2.45) is 14.1 Å². The van der Waals surface area contributed by atoms with Gasteiger partial charge in [0.2, 0.25) is 0 Å². The van der Waals surface area contributed by atoms with Crippen molar-refractivity contribution < 1.29 is 14.3 Å². The topological polar surface area (TPSA) is 91.6 Å². The van der Waals surface area contributed by atoms with E-state index in [4.69, 9.17) is 9.47 Å². The summed E-state index contributed by atoms with van der Waals surface area (Å²) in [7, 11) is 4.30. The number of methoxy groups -OCH3 is 1. The van der Waals surface area contributed by atoms with Crippen molar-refractivity contribution in [2.75, 3.05) is 12.4 Å². The number of ether oxygens (including phenoxy) is 2. The Labute approximate surface area is 190 Å². The maximum atomic E-state index is 13.2. The number of rotatable bonds is 5. The quantitative estimate of drug-likeness (QED) is 0.605. The molecule has 0 saturated carbocycles. The normalized spacial score (nSPS) is 15.0. The fraction of sp³-hybridized carbons (Fsp3) is 0.240. The van der Waals surface area contributed by atoms with Crippen LogP contribution in [0.15, 0.2) is 75.5 Å². The number of carbonyl (C=O) groups is 1. The van der Waals surface area contributed by atoms with Crippen LogP contribution < -0.4 is 21.3 Å². The predicted octanol–water partition coefficient (Wildman–Crippen LogP) is 2.67. The lowest BCUT2D eigenvalue weighted by molar-refractivity contribution is -0.136. The zero-order valence-corrected chi connectivity index (χ0v) is 18.9. The third-order valence-electron chi connectivity index (χ3n) is 5.83. The van der Waals surface area contributed by atoms with Crippen molar-refractivity contribution in [3.8, 4) is 5.75 Å². The second-order valence-corrected chi connectivity index (χ2v) is 7.90. The molecule has 1 N–H and O–H groups in total. The Bertz CT molecular complexity index is 1370. The van der Waals surface area contributed by atoms with E-state index >= 15 is 0 Å². The Balaban J connectivity index is 1.85. The third kappa shape index (κ3) is 3.95. The molecule has 8 nitrogen and oxygen atoms in total. The van der Waals surface area contributed by atoms with E-state index in [9.17, 15) is 14.4 Å². The van der Waals surface area contributed by atoms with Crippen LogP contribution in [0.1, 0.15) is 29.5 Å². The number of allylic oxidation sites excluding steroid dienone is 1. The summed E-state index contributed by atoms with van der Waals surface area (Å²) in [5.41, 5.74) is 1.88. The van der Waals surface area contributed by atoms with Crippen molar-refractivity contribution in [1.82, 2.24) is 9.13 Å². The first-order valence-corrected chi connectivity index (χ1v) is 10.5. The van der Waals surface area contributed by atoms with E-state index in [0.717, 1.165) is 10.1 Å². The molecule has 33 heavy (non-hydrogen) atoms. The van der Waals surface area contributed by atoms with Gasteiger partial charge in [-0.2, -0.15) is 0 Å². The summed E-state index contributed by atoms with van der Waals surface area (Å²) in [6.45, 7) is 2.10. The van der Waals surface area contributed by atoms with Crippen molar-refractivity contribution in [1.29, 1.82) is 0 Å². The van der Waals surface area contributed by atoms with Gasteiger partial charge in [-0.1, -0.05) is 42.5 Å². The van der Waals surface area contributed by atoms with Gasteiger partial charge in [0, 0.05) is 19.8 Å². The maximum absolute atomic E-state index is 13.2. The lowest BCUT2D eigenvalue weighted by Gasteiger charge is -2.30. The Kier molecular flexibility index (Phi) is 5.91. The number of hydrogen-bond acceptors (Lipinski definition) is 6. The number of aromatic nitrogens is 2. The summed E-state index contributed by atoms with van der Waals surface area (Å²) < 4.78 is 13.4. The molecule has 0 saturated heterocycles. The number of fused-ring (bicyclic) bond motifs is 1. The summed E-state index contributed by atoms with van der Waals surface area (Å²) in [6.07, 6.45) is 0. The molecule has 0 radical (unpaired) electrons. The van der Waals surface area contributed by atoms with Crippen molar-refractivity contribution >= 4 is 11.8 Å². The summed E-state index contributed by atoms with van der Waals surface area (Å²) in [6, 6.07) is 17.0. The maximum Gasteiger partial charge on any atom is 0.336 e. The highest BCUT2D eigenvalue weighted by Gasteiger charge is 2.37. The predicted molar refractivity (Wildman–Crippen MR) is 124 cm³/mol. The number of carbonyl (C=O) groups excluding carboxylic acids is 1. The average molecular weight is 447 g/mol. The van der Waals surface area contributed by atoms with Gasteiger partial charge >= 0.3 is 11.7 Å². The molecule has 1 unspecified atom stereocenters. The number of anilines is 1. The lowest BCUT2D eigenvalue weighted by atomic mass is 9.82. The first-order valence-electron chi connectivity index (χ1n) is 10.5. The molecule has 1 aliphatic rings. The number of hydrogen-bond donors (Lipinski definition) is 1. The molecule has 1 aliphatic heterocycles. The number of nitrogens with zero attached hydrogens (tertiary/aromatic N) is 2. The van der Waals surface area contributed by atoms with Crippen LogP contribution in [0.25, 0.3) is 0 Å². The third-order valence-corrected chi connectivity index (χ3v) is 5.83. The van der Waals surface area contributed by atoms with Crippen LogP contribution in [0.4, 0.5) is 5.82 Å². The molecule has 0 bridgehead atoms.